The molecule has 0 amide bonds. The third kappa shape index (κ3) is 2.50. The third-order valence-corrected chi connectivity index (χ3v) is 3.14. The van der Waals surface area contributed by atoms with Crippen LogP contribution >= 0.6 is 0 Å². The summed E-state index contributed by atoms with van der Waals surface area (Å²) in [5, 5.41) is 0. The van der Waals surface area contributed by atoms with Crippen LogP contribution in [0.2, 0.25) is 0 Å². The third-order valence-electron chi connectivity index (χ3n) is 3.14. The smallest absolute Gasteiger partial charge is 0.146 e. The Kier molecular flexibility index (Phi) is 3.39. The van der Waals surface area contributed by atoms with Gasteiger partial charge in [-0.05, 0) is 26.4 Å². The Morgan fingerprint density at radius 3 is 2.88 bits per heavy atom. The van der Waals surface area contributed by atoms with Crippen molar-refractivity contribution in [3.63, 3.8) is 0 Å². The molecule has 1 fully saturated rings. The molecule has 4 nitrogen and oxygen atoms in total. The molecule has 2 rings (SSSR count). The van der Waals surface area contributed by atoms with E-state index in [9.17, 15) is 0 Å². The van der Waals surface area contributed by atoms with Crippen molar-refractivity contribution in [1.29, 1.82) is 0 Å². The lowest BCUT2D eigenvalue weighted by molar-refractivity contribution is 0.248. The summed E-state index contributed by atoms with van der Waals surface area (Å²) in [5.41, 5.74) is 1.14. The number of rotatable bonds is 2. The topological polar surface area (TPSA) is 32.3 Å². The number of likely N-dealkylation sites (tertiary alicyclic amines) is 1. The van der Waals surface area contributed by atoms with Gasteiger partial charge in [-0.25, -0.2) is 4.98 Å². The Hall–Kier alpha value is -1.16. The Balaban J connectivity index is 2.16. The first-order chi connectivity index (χ1) is 7.66. The van der Waals surface area contributed by atoms with Crippen LogP contribution in [0, 0.1) is 0 Å². The molecule has 4 heteroatoms. The van der Waals surface area contributed by atoms with E-state index >= 15 is 0 Å². The molecule has 2 heterocycles. The lowest BCUT2D eigenvalue weighted by Gasteiger charge is -2.29. The molecule has 1 aliphatic heterocycles. The quantitative estimate of drug-likeness (QED) is 0.753. The van der Waals surface area contributed by atoms with Gasteiger partial charge < -0.3 is 9.80 Å². The van der Waals surface area contributed by atoms with E-state index in [0.29, 0.717) is 5.92 Å². The maximum atomic E-state index is 4.67. The van der Waals surface area contributed by atoms with Crippen molar-refractivity contribution in [2.45, 2.75) is 18.8 Å². The first-order valence-corrected chi connectivity index (χ1v) is 5.84. The first kappa shape index (κ1) is 11.3. The monoisotopic (exact) mass is 220 g/mol. The molecule has 0 aliphatic carbocycles. The minimum atomic E-state index is 0.547. The van der Waals surface area contributed by atoms with Crippen LogP contribution in [0.15, 0.2) is 12.4 Å². The second kappa shape index (κ2) is 4.78. The van der Waals surface area contributed by atoms with Gasteiger partial charge in [-0.1, -0.05) is 0 Å². The van der Waals surface area contributed by atoms with Crippen molar-refractivity contribution in [3.8, 4) is 0 Å². The number of nitrogens with zero attached hydrogens (tertiary/aromatic N) is 4. The average Bonchev–Trinajstić information content (AvgIpc) is 2.29. The van der Waals surface area contributed by atoms with Crippen molar-refractivity contribution in [3.05, 3.63) is 18.1 Å². The summed E-state index contributed by atoms with van der Waals surface area (Å²) in [6, 6.07) is 0. The number of hydrogen-bond donors (Lipinski definition) is 0. The fraction of sp³-hybridized carbons (Fsp3) is 0.667. The van der Waals surface area contributed by atoms with Crippen LogP contribution in [0.1, 0.15) is 24.5 Å². The van der Waals surface area contributed by atoms with Crippen LogP contribution in [0.25, 0.3) is 0 Å². The molecule has 1 saturated heterocycles. The zero-order valence-corrected chi connectivity index (χ0v) is 10.3. The van der Waals surface area contributed by atoms with Gasteiger partial charge in [0, 0.05) is 32.8 Å². The number of piperidine rings is 1. The highest BCUT2D eigenvalue weighted by molar-refractivity contribution is 5.34. The Morgan fingerprint density at radius 2 is 2.19 bits per heavy atom. The summed E-state index contributed by atoms with van der Waals surface area (Å²) in [6.07, 6.45) is 6.22. The number of anilines is 1. The van der Waals surface area contributed by atoms with E-state index in [1.165, 1.54) is 19.4 Å². The van der Waals surface area contributed by atoms with Gasteiger partial charge in [0.05, 0.1) is 11.9 Å². The highest BCUT2D eigenvalue weighted by Gasteiger charge is 2.20. The number of likely N-dealkylation sites (N-methyl/N-ethyl adjacent to an activating group) is 1. The van der Waals surface area contributed by atoms with Crippen molar-refractivity contribution in [2.24, 2.45) is 0 Å². The van der Waals surface area contributed by atoms with Crippen molar-refractivity contribution >= 4 is 5.82 Å². The second-order valence-corrected chi connectivity index (χ2v) is 4.80. The molecule has 0 unspecified atom stereocenters. The SMILES string of the molecule is CN1CCC[C@H](c2cncc(N(C)C)n2)C1. The van der Waals surface area contributed by atoms with E-state index in [4.69, 9.17) is 0 Å². The van der Waals surface area contributed by atoms with Gasteiger partial charge in [0.1, 0.15) is 5.82 Å². The van der Waals surface area contributed by atoms with Gasteiger partial charge in [-0.3, -0.25) is 4.98 Å². The maximum absolute atomic E-state index is 4.67. The molecule has 1 atom stereocenters. The summed E-state index contributed by atoms with van der Waals surface area (Å²) < 4.78 is 0. The van der Waals surface area contributed by atoms with E-state index in [1.807, 2.05) is 31.4 Å². The highest BCUT2D eigenvalue weighted by atomic mass is 15.2. The van der Waals surface area contributed by atoms with E-state index in [0.717, 1.165) is 18.1 Å². The molecule has 0 N–H and O–H groups in total. The fourth-order valence-electron chi connectivity index (χ4n) is 2.19. The average molecular weight is 220 g/mol. The molecule has 0 bridgehead atoms. The van der Waals surface area contributed by atoms with Crippen LogP contribution in [0.3, 0.4) is 0 Å². The lowest BCUT2D eigenvalue weighted by Crippen LogP contribution is -2.31. The normalized spacial score (nSPS) is 22.1. The van der Waals surface area contributed by atoms with Gasteiger partial charge in [-0.15, -0.1) is 0 Å². The first-order valence-electron chi connectivity index (χ1n) is 5.84. The maximum Gasteiger partial charge on any atom is 0.146 e. The molecule has 1 aromatic rings. The Labute approximate surface area is 97.3 Å². The number of hydrogen-bond acceptors (Lipinski definition) is 4. The van der Waals surface area contributed by atoms with Crippen LogP contribution in [0.5, 0.6) is 0 Å². The van der Waals surface area contributed by atoms with E-state index in [1.54, 1.807) is 0 Å². The van der Waals surface area contributed by atoms with Gasteiger partial charge in [0.15, 0.2) is 0 Å². The summed E-state index contributed by atoms with van der Waals surface area (Å²) >= 11 is 0. The van der Waals surface area contributed by atoms with Crippen LogP contribution < -0.4 is 4.90 Å². The largest absolute Gasteiger partial charge is 0.361 e. The highest BCUT2D eigenvalue weighted by Crippen LogP contribution is 2.25. The van der Waals surface area contributed by atoms with Crippen molar-refractivity contribution in [1.82, 2.24) is 14.9 Å². The summed E-state index contributed by atoms with van der Waals surface area (Å²) in [5.74, 6) is 1.50. The standard InChI is InChI=1S/C12H20N4/c1-15(2)12-8-13-7-11(14-12)10-5-4-6-16(3)9-10/h7-8,10H,4-6,9H2,1-3H3/t10-/m0/s1. The molecule has 1 aromatic heterocycles. The van der Waals surface area contributed by atoms with E-state index in [-0.39, 0.29) is 0 Å². The van der Waals surface area contributed by atoms with Crippen LogP contribution in [-0.2, 0) is 0 Å². The molecule has 88 valence electrons. The van der Waals surface area contributed by atoms with Gasteiger partial charge in [-0.2, -0.15) is 0 Å². The molecular weight excluding hydrogens is 200 g/mol. The van der Waals surface area contributed by atoms with Gasteiger partial charge in [0.25, 0.3) is 0 Å². The predicted molar refractivity (Wildman–Crippen MR) is 65.8 cm³/mol. The number of aromatic nitrogens is 2. The zero-order chi connectivity index (χ0) is 11.5. The molecule has 0 aromatic carbocycles. The minimum absolute atomic E-state index is 0.547. The Bertz CT molecular complexity index is 351. The van der Waals surface area contributed by atoms with Crippen LogP contribution in [-0.4, -0.2) is 49.1 Å². The van der Waals surface area contributed by atoms with Crippen molar-refractivity contribution in [2.75, 3.05) is 39.1 Å². The molecule has 1 aliphatic rings. The minimum Gasteiger partial charge on any atom is -0.361 e. The summed E-state index contributed by atoms with van der Waals surface area (Å²) in [4.78, 5) is 13.3. The lowest BCUT2D eigenvalue weighted by atomic mass is 9.95. The zero-order valence-electron chi connectivity index (χ0n) is 10.3. The van der Waals surface area contributed by atoms with Crippen molar-refractivity contribution < 1.29 is 0 Å². The molecular formula is C12H20N4. The van der Waals surface area contributed by atoms with Crippen LogP contribution in [0.4, 0.5) is 5.82 Å². The van der Waals surface area contributed by atoms with Gasteiger partial charge in [0.2, 0.25) is 0 Å². The molecule has 0 saturated carbocycles. The Morgan fingerprint density at radius 1 is 1.38 bits per heavy atom. The summed E-state index contributed by atoms with van der Waals surface area (Å²) in [6.45, 7) is 2.31. The second-order valence-electron chi connectivity index (χ2n) is 4.80. The predicted octanol–water partition coefficient (Wildman–Crippen LogP) is 1.35. The van der Waals surface area contributed by atoms with E-state index < -0.39 is 0 Å². The molecule has 0 spiro atoms. The molecule has 16 heavy (non-hydrogen) atoms. The van der Waals surface area contributed by atoms with Gasteiger partial charge >= 0.3 is 0 Å². The molecule has 0 radical (unpaired) electrons. The fourth-order valence-corrected chi connectivity index (χ4v) is 2.19. The van der Waals surface area contributed by atoms with E-state index in [2.05, 4.69) is 21.9 Å². The summed E-state index contributed by atoms with van der Waals surface area (Å²) in [7, 11) is 6.18.